The standard InChI is InChI=1S/C16H21NO/c1-12-3-4-13-10-17(11-14(13)9-12)15-5-7-16(18-2)8-6-15/h3,5-8,13-14H,4,9-11H2,1-2H3. The van der Waals surface area contributed by atoms with Crippen LogP contribution in [0.4, 0.5) is 5.69 Å². The Kier molecular flexibility index (Phi) is 3.02. The molecule has 0 saturated carbocycles. The van der Waals surface area contributed by atoms with Crippen molar-refractivity contribution in [3.63, 3.8) is 0 Å². The first-order chi connectivity index (χ1) is 8.76. The third kappa shape index (κ3) is 2.12. The molecule has 2 atom stereocenters. The lowest BCUT2D eigenvalue weighted by atomic mass is 9.83. The third-order valence-corrected chi connectivity index (χ3v) is 4.37. The largest absolute Gasteiger partial charge is 0.497 e. The topological polar surface area (TPSA) is 12.5 Å². The molecule has 1 heterocycles. The molecule has 18 heavy (non-hydrogen) atoms. The number of allylic oxidation sites excluding steroid dienone is 2. The van der Waals surface area contributed by atoms with Gasteiger partial charge in [0.15, 0.2) is 0 Å². The number of hydrogen-bond acceptors (Lipinski definition) is 2. The van der Waals surface area contributed by atoms with Gasteiger partial charge in [-0.15, -0.1) is 0 Å². The molecule has 2 nitrogen and oxygen atoms in total. The summed E-state index contributed by atoms with van der Waals surface area (Å²) >= 11 is 0. The van der Waals surface area contributed by atoms with Gasteiger partial charge in [-0.1, -0.05) is 11.6 Å². The Labute approximate surface area is 109 Å². The molecule has 1 aromatic carbocycles. The molecule has 0 aromatic heterocycles. The molecule has 0 radical (unpaired) electrons. The molecule has 1 aliphatic heterocycles. The molecule has 2 aliphatic rings. The SMILES string of the molecule is COc1ccc(N2CC3CC=C(C)CC3C2)cc1. The van der Waals surface area contributed by atoms with Gasteiger partial charge in [0, 0.05) is 18.8 Å². The van der Waals surface area contributed by atoms with Gasteiger partial charge in [-0.05, 0) is 55.9 Å². The lowest BCUT2D eigenvalue weighted by molar-refractivity contribution is 0.400. The zero-order valence-corrected chi connectivity index (χ0v) is 11.2. The molecule has 1 aliphatic carbocycles. The molecule has 0 bridgehead atoms. The first kappa shape index (κ1) is 11.6. The Balaban J connectivity index is 1.72. The Morgan fingerprint density at radius 3 is 2.56 bits per heavy atom. The second-order valence-electron chi connectivity index (χ2n) is 5.61. The van der Waals surface area contributed by atoms with Crippen LogP contribution in [-0.4, -0.2) is 20.2 Å². The molecular formula is C16H21NO. The van der Waals surface area contributed by atoms with Gasteiger partial charge >= 0.3 is 0 Å². The Hall–Kier alpha value is -1.44. The van der Waals surface area contributed by atoms with E-state index in [1.807, 2.05) is 0 Å². The molecule has 2 heteroatoms. The number of nitrogens with zero attached hydrogens (tertiary/aromatic N) is 1. The van der Waals surface area contributed by atoms with Crippen LogP contribution in [0.1, 0.15) is 19.8 Å². The molecule has 1 saturated heterocycles. The van der Waals surface area contributed by atoms with Crippen LogP contribution in [0.2, 0.25) is 0 Å². The van der Waals surface area contributed by atoms with Gasteiger partial charge < -0.3 is 9.64 Å². The number of ether oxygens (including phenoxy) is 1. The van der Waals surface area contributed by atoms with Crippen molar-refractivity contribution in [2.75, 3.05) is 25.1 Å². The van der Waals surface area contributed by atoms with Crippen molar-refractivity contribution in [3.8, 4) is 5.75 Å². The summed E-state index contributed by atoms with van der Waals surface area (Å²) in [6.45, 7) is 4.69. The zero-order valence-electron chi connectivity index (χ0n) is 11.2. The summed E-state index contributed by atoms with van der Waals surface area (Å²) in [5, 5.41) is 0. The highest BCUT2D eigenvalue weighted by molar-refractivity contribution is 5.50. The van der Waals surface area contributed by atoms with Gasteiger partial charge in [-0.25, -0.2) is 0 Å². The van der Waals surface area contributed by atoms with E-state index in [1.54, 1.807) is 12.7 Å². The molecule has 1 fully saturated rings. The maximum atomic E-state index is 5.21. The smallest absolute Gasteiger partial charge is 0.119 e. The van der Waals surface area contributed by atoms with Crippen LogP contribution in [0.3, 0.4) is 0 Å². The van der Waals surface area contributed by atoms with Crippen molar-refractivity contribution in [3.05, 3.63) is 35.9 Å². The van der Waals surface area contributed by atoms with Crippen LogP contribution in [0.25, 0.3) is 0 Å². The molecule has 2 unspecified atom stereocenters. The molecule has 1 aromatic rings. The van der Waals surface area contributed by atoms with E-state index in [-0.39, 0.29) is 0 Å². The maximum Gasteiger partial charge on any atom is 0.119 e. The molecule has 0 spiro atoms. The van der Waals surface area contributed by atoms with Gasteiger partial charge in [-0.2, -0.15) is 0 Å². The summed E-state index contributed by atoms with van der Waals surface area (Å²) in [5.41, 5.74) is 2.91. The van der Waals surface area contributed by atoms with Gasteiger partial charge in [-0.3, -0.25) is 0 Å². The highest BCUT2D eigenvalue weighted by Crippen LogP contribution is 2.37. The van der Waals surface area contributed by atoms with Crippen molar-refractivity contribution in [2.24, 2.45) is 11.8 Å². The first-order valence-corrected chi connectivity index (χ1v) is 6.81. The van der Waals surface area contributed by atoms with Crippen LogP contribution >= 0.6 is 0 Å². The van der Waals surface area contributed by atoms with Crippen molar-refractivity contribution in [1.29, 1.82) is 0 Å². The molecule has 0 amide bonds. The summed E-state index contributed by atoms with van der Waals surface area (Å²) in [6.07, 6.45) is 4.99. The lowest BCUT2D eigenvalue weighted by Gasteiger charge is -2.21. The minimum atomic E-state index is 0.857. The number of benzene rings is 1. The number of fused-ring (bicyclic) bond motifs is 1. The van der Waals surface area contributed by atoms with Crippen molar-refractivity contribution in [2.45, 2.75) is 19.8 Å². The van der Waals surface area contributed by atoms with Crippen LogP contribution in [0.15, 0.2) is 35.9 Å². The van der Waals surface area contributed by atoms with E-state index in [9.17, 15) is 0 Å². The number of anilines is 1. The van der Waals surface area contributed by atoms with E-state index in [0.29, 0.717) is 0 Å². The minimum absolute atomic E-state index is 0.857. The lowest BCUT2D eigenvalue weighted by Crippen LogP contribution is -2.19. The summed E-state index contributed by atoms with van der Waals surface area (Å²) in [5.74, 6) is 2.65. The molecule has 96 valence electrons. The second kappa shape index (κ2) is 4.68. The molecule has 0 N–H and O–H groups in total. The van der Waals surface area contributed by atoms with Crippen LogP contribution in [0, 0.1) is 11.8 Å². The van der Waals surface area contributed by atoms with Crippen molar-refractivity contribution in [1.82, 2.24) is 0 Å². The van der Waals surface area contributed by atoms with E-state index in [1.165, 1.54) is 31.6 Å². The number of methoxy groups -OCH3 is 1. The minimum Gasteiger partial charge on any atom is -0.497 e. The third-order valence-electron chi connectivity index (χ3n) is 4.37. The van der Waals surface area contributed by atoms with E-state index in [4.69, 9.17) is 4.74 Å². The van der Waals surface area contributed by atoms with E-state index >= 15 is 0 Å². The fraction of sp³-hybridized carbons (Fsp3) is 0.500. The zero-order chi connectivity index (χ0) is 12.5. The summed E-state index contributed by atoms with van der Waals surface area (Å²) in [7, 11) is 1.72. The maximum absolute atomic E-state index is 5.21. The fourth-order valence-electron chi connectivity index (χ4n) is 3.29. The average molecular weight is 243 g/mol. The van der Waals surface area contributed by atoms with Crippen molar-refractivity contribution < 1.29 is 4.74 Å². The number of hydrogen-bond donors (Lipinski definition) is 0. The Morgan fingerprint density at radius 2 is 1.83 bits per heavy atom. The van der Waals surface area contributed by atoms with Crippen molar-refractivity contribution >= 4 is 5.69 Å². The first-order valence-electron chi connectivity index (χ1n) is 6.81. The monoisotopic (exact) mass is 243 g/mol. The van der Waals surface area contributed by atoms with Crippen LogP contribution in [0.5, 0.6) is 5.75 Å². The summed E-state index contributed by atoms with van der Waals surface area (Å²) in [4.78, 5) is 2.53. The van der Waals surface area contributed by atoms with Crippen LogP contribution in [-0.2, 0) is 0 Å². The summed E-state index contributed by atoms with van der Waals surface area (Å²) < 4.78 is 5.21. The highest BCUT2D eigenvalue weighted by Gasteiger charge is 2.33. The fourth-order valence-corrected chi connectivity index (χ4v) is 3.29. The predicted molar refractivity (Wildman–Crippen MR) is 75.2 cm³/mol. The Morgan fingerprint density at radius 1 is 1.11 bits per heavy atom. The normalized spacial score (nSPS) is 26.8. The van der Waals surface area contributed by atoms with Crippen LogP contribution < -0.4 is 9.64 Å². The predicted octanol–water partition coefficient (Wildman–Crippen LogP) is 3.49. The van der Waals surface area contributed by atoms with Gasteiger partial charge in [0.05, 0.1) is 7.11 Å². The molecular weight excluding hydrogens is 222 g/mol. The van der Waals surface area contributed by atoms with E-state index in [0.717, 1.165) is 17.6 Å². The average Bonchev–Trinajstić information content (AvgIpc) is 2.81. The van der Waals surface area contributed by atoms with Gasteiger partial charge in [0.2, 0.25) is 0 Å². The molecule has 3 rings (SSSR count). The number of rotatable bonds is 2. The van der Waals surface area contributed by atoms with Gasteiger partial charge in [0.25, 0.3) is 0 Å². The second-order valence-corrected chi connectivity index (χ2v) is 5.61. The quantitative estimate of drug-likeness (QED) is 0.737. The summed E-state index contributed by atoms with van der Waals surface area (Å²) in [6, 6.07) is 8.47. The Bertz CT molecular complexity index is 449. The highest BCUT2D eigenvalue weighted by atomic mass is 16.5. The van der Waals surface area contributed by atoms with Gasteiger partial charge in [0.1, 0.15) is 5.75 Å². The van der Waals surface area contributed by atoms with E-state index in [2.05, 4.69) is 42.2 Å². The van der Waals surface area contributed by atoms with E-state index < -0.39 is 0 Å².